The first-order chi connectivity index (χ1) is 6.65. The molecule has 0 unspecified atom stereocenters. The highest BCUT2D eigenvalue weighted by molar-refractivity contribution is 5.19. The molecule has 0 bridgehead atoms. The number of hydrogen-bond acceptors (Lipinski definition) is 3. The first-order valence-electron chi connectivity index (χ1n) is 4.39. The Bertz CT molecular complexity index is 340. The number of ether oxygens (including phenoxy) is 1. The number of aromatic nitrogens is 1. The van der Waals surface area contributed by atoms with Gasteiger partial charge >= 0.3 is 0 Å². The molecule has 0 aromatic carbocycles. The fraction of sp³-hybridized carbons (Fsp3) is 0.444. The van der Waals surface area contributed by atoms with E-state index in [0.717, 1.165) is 6.07 Å². The topological polar surface area (TPSA) is 48.1 Å². The van der Waals surface area contributed by atoms with Gasteiger partial charge in [0.15, 0.2) is 5.75 Å². The van der Waals surface area contributed by atoms with Crippen molar-refractivity contribution in [2.24, 2.45) is 5.73 Å². The lowest BCUT2D eigenvalue weighted by molar-refractivity contribution is 0.0948. The summed E-state index contributed by atoms with van der Waals surface area (Å²) in [6.45, 7) is 0. The maximum Gasteiger partial charge on any atom is 0.257 e. The van der Waals surface area contributed by atoms with E-state index in [0.29, 0.717) is 12.8 Å². The van der Waals surface area contributed by atoms with Crippen molar-refractivity contribution < 1.29 is 13.5 Å². The smallest absolute Gasteiger partial charge is 0.257 e. The predicted molar refractivity (Wildman–Crippen MR) is 45.8 cm³/mol. The van der Waals surface area contributed by atoms with Crippen molar-refractivity contribution >= 4 is 0 Å². The zero-order valence-corrected chi connectivity index (χ0v) is 7.41. The van der Waals surface area contributed by atoms with Crippen molar-refractivity contribution in [2.45, 2.75) is 25.0 Å². The van der Waals surface area contributed by atoms with Gasteiger partial charge < -0.3 is 10.5 Å². The molecule has 0 amide bonds. The quantitative estimate of drug-likeness (QED) is 0.730. The number of nitrogens with zero attached hydrogens (tertiary/aromatic N) is 1. The van der Waals surface area contributed by atoms with Crippen molar-refractivity contribution in [1.29, 1.82) is 0 Å². The number of halogens is 2. The van der Waals surface area contributed by atoms with Gasteiger partial charge in [-0.05, 0) is 25.0 Å². The van der Waals surface area contributed by atoms with Gasteiger partial charge in [-0.2, -0.15) is 13.8 Å². The van der Waals surface area contributed by atoms with Crippen molar-refractivity contribution in [2.75, 3.05) is 0 Å². The summed E-state index contributed by atoms with van der Waals surface area (Å²) in [5, 5.41) is 0. The Hall–Kier alpha value is -1.23. The highest BCUT2D eigenvalue weighted by Crippen LogP contribution is 2.25. The molecular formula is C9H10F2N2O. The van der Waals surface area contributed by atoms with Gasteiger partial charge in [0.2, 0.25) is 5.95 Å². The van der Waals surface area contributed by atoms with Gasteiger partial charge in [-0.1, -0.05) is 0 Å². The van der Waals surface area contributed by atoms with Crippen molar-refractivity contribution in [1.82, 2.24) is 4.98 Å². The Morgan fingerprint density at radius 1 is 1.36 bits per heavy atom. The molecule has 1 aliphatic carbocycles. The first-order valence-corrected chi connectivity index (χ1v) is 4.39. The fourth-order valence-corrected chi connectivity index (χ4v) is 1.37. The van der Waals surface area contributed by atoms with Crippen LogP contribution in [0.25, 0.3) is 0 Å². The second kappa shape index (κ2) is 3.49. The Morgan fingerprint density at radius 3 is 2.64 bits per heavy atom. The van der Waals surface area contributed by atoms with Gasteiger partial charge in [-0.25, -0.2) is 0 Å². The minimum absolute atomic E-state index is 0.0108. The SMILES string of the molecule is NC1CC(Oc2ccc(F)nc2F)C1. The van der Waals surface area contributed by atoms with Crippen LogP contribution in [0.1, 0.15) is 12.8 Å². The first kappa shape index (κ1) is 9.33. The van der Waals surface area contributed by atoms with E-state index in [4.69, 9.17) is 10.5 Å². The maximum atomic E-state index is 13.0. The third-order valence-electron chi connectivity index (χ3n) is 2.21. The number of nitrogens with two attached hydrogens (primary N) is 1. The molecule has 1 aromatic heterocycles. The van der Waals surface area contributed by atoms with Crippen LogP contribution < -0.4 is 10.5 Å². The largest absolute Gasteiger partial charge is 0.486 e. The normalized spacial score (nSPS) is 25.6. The van der Waals surface area contributed by atoms with E-state index >= 15 is 0 Å². The summed E-state index contributed by atoms with van der Waals surface area (Å²) >= 11 is 0. The van der Waals surface area contributed by atoms with E-state index in [1.54, 1.807) is 0 Å². The molecule has 14 heavy (non-hydrogen) atoms. The van der Waals surface area contributed by atoms with Gasteiger partial charge in [0.25, 0.3) is 5.95 Å². The van der Waals surface area contributed by atoms with Crippen LogP contribution in [0, 0.1) is 11.9 Å². The minimum atomic E-state index is -0.912. The van der Waals surface area contributed by atoms with Crippen molar-refractivity contribution in [3.8, 4) is 5.75 Å². The van der Waals surface area contributed by atoms with Crippen LogP contribution in [0.2, 0.25) is 0 Å². The Balaban J connectivity index is 2.02. The second-order valence-electron chi connectivity index (χ2n) is 3.39. The molecule has 76 valence electrons. The standard InChI is InChI=1S/C9H10F2N2O/c10-8-2-1-7(9(11)13-8)14-6-3-5(12)4-6/h1-2,5-6H,3-4,12H2. The molecular weight excluding hydrogens is 190 g/mol. The van der Waals surface area contributed by atoms with Gasteiger partial charge in [-0.15, -0.1) is 0 Å². The predicted octanol–water partition coefficient (Wildman–Crippen LogP) is 1.23. The summed E-state index contributed by atoms with van der Waals surface area (Å²) in [7, 11) is 0. The van der Waals surface area contributed by atoms with Crippen LogP contribution in [-0.2, 0) is 0 Å². The zero-order valence-electron chi connectivity index (χ0n) is 7.41. The van der Waals surface area contributed by atoms with Crippen LogP contribution in [0.4, 0.5) is 8.78 Å². The molecule has 0 aliphatic heterocycles. The molecule has 1 aliphatic rings. The number of rotatable bonds is 2. The van der Waals surface area contributed by atoms with E-state index in [2.05, 4.69) is 4.98 Å². The fourth-order valence-electron chi connectivity index (χ4n) is 1.37. The van der Waals surface area contributed by atoms with Crippen molar-refractivity contribution in [3.63, 3.8) is 0 Å². The molecule has 2 N–H and O–H groups in total. The Kier molecular flexibility index (Phi) is 2.33. The van der Waals surface area contributed by atoms with Gasteiger partial charge in [0.1, 0.15) is 6.10 Å². The number of hydrogen-bond donors (Lipinski definition) is 1. The maximum absolute atomic E-state index is 13.0. The molecule has 0 saturated heterocycles. The van der Waals surface area contributed by atoms with Crippen LogP contribution in [0.15, 0.2) is 12.1 Å². The third kappa shape index (κ3) is 1.82. The molecule has 2 rings (SSSR count). The molecule has 0 spiro atoms. The molecule has 0 radical (unpaired) electrons. The Morgan fingerprint density at radius 2 is 2.07 bits per heavy atom. The van der Waals surface area contributed by atoms with E-state index in [9.17, 15) is 8.78 Å². The van der Waals surface area contributed by atoms with Gasteiger partial charge in [0.05, 0.1) is 0 Å². The molecule has 1 fully saturated rings. The van der Waals surface area contributed by atoms with Crippen LogP contribution in [0.3, 0.4) is 0 Å². The molecule has 3 nitrogen and oxygen atoms in total. The highest BCUT2D eigenvalue weighted by Gasteiger charge is 2.28. The summed E-state index contributed by atoms with van der Waals surface area (Å²) in [5.74, 6) is -1.77. The average Bonchev–Trinajstić information content (AvgIpc) is 2.06. The molecule has 1 saturated carbocycles. The van der Waals surface area contributed by atoms with E-state index in [-0.39, 0.29) is 17.9 Å². The summed E-state index contributed by atoms with van der Waals surface area (Å²) in [6.07, 6.45) is 1.35. The zero-order chi connectivity index (χ0) is 10.1. The van der Waals surface area contributed by atoms with E-state index in [1.165, 1.54) is 6.07 Å². The lowest BCUT2D eigenvalue weighted by Gasteiger charge is -2.32. The lowest BCUT2D eigenvalue weighted by Crippen LogP contribution is -2.43. The molecule has 5 heteroatoms. The summed E-state index contributed by atoms with van der Waals surface area (Å²) in [6, 6.07) is 2.44. The average molecular weight is 200 g/mol. The summed E-state index contributed by atoms with van der Waals surface area (Å²) in [5.41, 5.74) is 5.54. The minimum Gasteiger partial charge on any atom is -0.486 e. The number of pyridine rings is 1. The van der Waals surface area contributed by atoms with Crippen LogP contribution in [0.5, 0.6) is 5.75 Å². The van der Waals surface area contributed by atoms with Crippen molar-refractivity contribution in [3.05, 3.63) is 24.0 Å². The van der Waals surface area contributed by atoms with Crippen LogP contribution >= 0.6 is 0 Å². The molecule has 1 aromatic rings. The molecule has 1 heterocycles. The summed E-state index contributed by atoms with van der Waals surface area (Å²) < 4.78 is 30.6. The van der Waals surface area contributed by atoms with Crippen LogP contribution in [-0.4, -0.2) is 17.1 Å². The third-order valence-corrected chi connectivity index (χ3v) is 2.21. The second-order valence-corrected chi connectivity index (χ2v) is 3.39. The highest BCUT2D eigenvalue weighted by atomic mass is 19.1. The van der Waals surface area contributed by atoms with E-state index in [1.807, 2.05) is 0 Å². The summed E-state index contributed by atoms with van der Waals surface area (Å²) in [4.78, 5) is 3.01. The Labute approximate surface area is 79.9 Å². The van der Waals surface area contributed by atoms with E-state index < -0.39 is 11.9 Å². The van der Waals surface area contributed by atoms with Gasteiger partial charge in [-0.3, -0.25) is 0 Å². The molecule has 0 atom stereocenters. The lowest BCUT2D eigenvalue weighted by atomic mass is 9.90. The van der Waals surface area contributed by atoms with Gasteiger partial charge in [0, 0.05) is 6.04 Å². The monoisotopic (exact) mass is 200 g/mol.